The summed E-state index contributed by atoms with van der Waals surface area (Å²) in [6, 6.07) is 25.5. The van der Waals surface area contributed by atoms with Gasteiger partial charge in [0.2, 0.25) is 0 Å². The van der Waals surface area contributed by atoms with Crippen molar-refractivity contribution >= 4 is 35.0 Å². The van der Waals surface area contributed by atoms with Gasteiger partial charge in [-0.1, -0.05) is 72.0 Å². The van der Waals surface area contributed by atoms with Crippen LogP contribution in [0.5, 0.6) is 5.75 Å². The van der Waals surface area contributed by atoms with Gasteiger partial charge in [-0.3, -0.25) is 9.36 Å². The van der Waals surface area contributed by atoms with E-state index < -0.39 is 18.0 Å². The van der Waals surface area contributed by atoms with E-state index in [1.807, 2.05) is 36.4 Å². The molecule has 6 rings (SSSR count). The Bertz CT molecular complexity index is 2100. The van der Waals surface area contributed by atoms with Crippen LogP contribution in [0.3, 0.4) is 0 Å². The van der Waals surface area contributed by atoms with Crippen LogP contribution in [0.4, 0.5) is 0 Å². The molecule has 0 bridgehead atoms. The first-order chi connectivity index (χ1) is 21.4. The fourth-order valence-electron chi connectivity index (χ4n) is 5.16. The average Bonchev–Trinajstić information content (AvgIpc) is 3.64. The lowest BCUT2D eigenvalue weighted by Crippen LogP contribution is -2.40. The Labute approximate surface area is 255 Å². The third-order valence-electron chi connectivity index (χ3n) is 7.11. The number of hydrogen-bond donors (Lipinski definition) is 1. The van der Waals surface area contributed by atoms with Crippen molar-refractivity contribution in [3.63, 3.8) is 0 Å². The smallest absolute Gasteiger partial charge is 0.338 e. The number of methoxy groups -OCH3 is 1. The zero-order chi connectivity index (χ0) is 30.8. The number of nitrogens with zero attached hydrogens (tertiary/aromatic N) is 2. The minimum atomic E-state index is -1.07. The first-order valence-electron chi connectivity index (χ1n) is 13.7. The van der Waals surface area contributed by atoms with E-state index in [4.69, 9.17) is 18.9 Å². The summed E-state index contributed by atoms with van der Waals surface area (Å²) in [7, 11) is 1.55. The van der Waals surface area contributed by atoms with Crippen LogP contribution in [0, 0.1) is 0 Å². The van der Waals surface area contributed by atoms with Crippen molar-refractivity contribution in [2.24, 2.45) is 4.99 Å². The molecule has 0 saturated heterocycles. The third-order valence-corrected chi connectivity index (χ3v) is 8.09. The highest BCUT2D eigenvalue weighted by Gasteiger charge is 2.35. The molecule has 1 N–H and O–H groups in total. The van der Waals surface area contributed by atoms with Gasteiger partial charge in [0.25, 0.3) is 5.56 Å². The Kier molecular flexibility index (Phi) is 7.82. The molecule has 3 aromatic carbocycles. The summed E-state index contributed by atoms with van der Waals surface area (Å²) in [6.07, 6.45) is 1.59. The van der Waals surface area contributed by atoms with E-state index in [0.717, 1.165) is 11.3 Å². The van der Waals surface area contributed by atoms with Crippen molar-refractivity contribution in [1.29, 1.82) is 0 Å². The molecule has 1 atom stereocenters. The van der Waals surface area contributed by atoms with Gasteiger partial charge in [-0.2, -0.15) is 0 Å². The quantitative estimate of drug-likeness (QED) is 0.250. The van der Waals surface area contributed by atoms with E-state index in [2.05, 4.69) is 0 Å². The second-order valence-corrected chi connectivity index (χ2v) is 10.8. The van der Waals surface area contributed by atoms with Crippen molar-refractivity contribution in [2.45, 2.75) is 13.0 Å². The lowest BCUT2D eigenvalue weighted by Gasteiger charge is -2.26. The van der Waals surface area contributed by atoms with E-state index in [1.165, 1.54) is 10.6 Å². The molecule has 5 aromatic rings. The first-order valence-corrected chi connectivity index (χ1v) is 14.6. The maximum Gasteiger partial charge on any atom is 0.338 e. The number of thiazole rings is 1. The van der Waals surface area contributed by atoms with E-state index in [0.29, 0.717) is 49.0 Å². The van der Waals surface area contributed by atoms with E-state index in [1.54, 1.807) is 68.6 Å². The molecule has 44 heavy (non-hydrogen) atoms. The fraction of sp³-hybridized carbons (Fsp3) is 0.118. The summed E-state index contributed by atoms with van der Waals surface area (Å²) in [6.45, 7) is 1.87. The zero-order valence-corrected chi connectivity index (χ0v) is 24.5. The predicted molar refractivity (Wildman–Crippen MR) is 165 cm³/mol. The molecule has 1 aliphatic heterocycles. The molecule has 0 unspecified atom stereocenters. The van der Waals surface area contributed by atoms with Crippen LogP contribution < -0.4 is 19.6 Å². The monoisotopic (exact) mass is 606 g/mol. The molecule has 0 fully saturated rings. The molecule has 9 nitrogen and oxygen atoms in total. The third kappa shape index (κ3) is 5.27. The molecular weight excluding hydrogens is 580 g/mol. The van der Waals surface area contributed by atoms with Gasteiger partial charge in [-0.25, -0.2) is 14.6 Å². The van der Waals surface area contributed by atoms with Crippen LogP contribution in [0.25, 0.3) is 23.1 Å². The number of fused-ring (bicyclic) bond motifs is 1. The summed E-state index contributed by atoms with van der Waals surface area (Å²) in [5, 5.41) is 9.60. The van der Waals surface area contributed by atoms with Gasteiger partial charge in [0.15, 0.2) is 4.80 Å². The molecule has 0 radical (unpaired) electrons. The Hall–Kier alpha value is -5.48. The Morgan fingerprint density at radius 3 is 2.55 bits per heavy atom. The van der Waals surface area contributed by atoms with E-state index >= 15 is 0 Å². The maximum atomic E-state index is 14.1. The summed E-state index contributed by atoms with van der Waals surface area (Å²) < 4.78 is 18.8. The number of esters is 1. The molecule has 0 spiro atoms. The molecule has 10 heteroatoms. The van der Waals surface area contributed by atoms with Crippen LogP contribution in [0.2, 0.25) is 0 Å². The van der Waals surface area contributed by atoms with Crippen LogP contribution in [-0.2, 0) is 9.53 Å². The van der Waals surface area contributed by atoms with Gasteiger partial charge in [0, 0.05) is 17.2 Å². The molecule has 1 aliphatic rings. The van der Waals surface area contributed by atoms with Gasteiger partial charge in [0.1, 0.15) is 17.3 Å². The van der Waals surface area contributed by atoms with Gasteiger partial charge in [-0.05, 0) is 42.8 Å². The number of carboxylic acids is 1. The van der Waals surface area contributed by atoms with Gasteiger partial charge < -0.3 is 19.0 Å². The number of carboxylic acid groups (broad SMARTS) is 1. The molecular formula is C34H26N2O7S. The number of rotatable bonds is 8. The van der Waals surface area contributed by atoms with E-state index in [9.17, 15) is 19.5 Å². The van der Waals surface area contributed by atoms with Crippen molar-refractivity contribution in [2.75, 3.05) is 13.7 Å². The second-order valence-electron chi connectivity index (χ2n) is 9.76. The van der Waals surface area contributed by atoms with Crippen molar-refractivity contribution in [1.82, 2.24) is 4.57 Å². The Morgan fingerprint density at radius 2 is 1.80 bits per heavy atom. The second kappa shape index (κ2) is 12.0. The van der Waals surface area contributed by atoms with Crippen LogP contribution in [0.15, 0.2) is 111 Å². The predicted octanol–water partition coefficient (Wildman–Crippen LogP) is 4.90. The summed E-state index contributed by atoms with van der Waals surface area (Å²) in [5.41, 5.74) is 2.14. The number of ether oxygens (including phenoxy) is 2. The Morgan fingerprint density at radius 1 is 1.02 bits per heavy atom. The largest absolute Gasteiger partial charge is 0.497 e. The number of aromatic carboxylic acids is 1. The van der Waals surface area contributed by atoms with Crippen molar-refractivity contribution < 1.29 is 28.6 Å². The highest BCUT2D eigenvalue weighted by molar-refractivity contribution is 7.07. The number of benzene rings is 3. The number of hydrogen-bond acceptors (Lipinski definition) is 8. The maximum absolute atomic E-state index is 14.1. The van der Waals surface area contributed by atoms with Crippen molar-refractivity contribution in [3.05, 3.63) is 139 Å². The lowest BCUT2D eigenvalue weighted by molar-refractivity contribution is -0.138. The normalized spacial score (nSPS) is 14.6. The topological polar surface area (TPSA) is 120 Å². The molecule has 0 amide bonds. The SMILES string of the molecule is CCOC(=O)C1=C(c2ccccc2)N=c2s/c(=C\c3ccc(-c4ccccc4C(=O)O)o3)c(=O)n2[C@@H]1c1cccc(OC)c1. The van der Waals surface area contributed by atoms with Gasteiger partial charge in [0.05, 0.1) is 41.1 Å². The van der Waals surface area contributed by atoms with Crippen LogP contribution >= 0.6 is 11.3 Å². The van der Waals surface area contributed by atoms with Gasteiger partial charge in [-0.15, -0.1) is 0 Å². The molecule has 220 valence electrons. The van der Waals surface area contributed by atoms with E-state index in [-0.39, 0.29) is 23.3 Å². The van der Waals surface area contributed by atoms with Crippen molar-refractivity contribution in [3.8, 4) is 17.1 Å². The minimum absolute atomic E-state index is 0.103. The highest BCUT2D eigenvalue weighted by Crippen LogP contribution is 2.36. The van der Waals surface area contributed by atoms with Gasteiger partial charge >= 0.3 is 11.9 Å². The summed E-state index contributed by atoms with van der Waals surface area (Å²) in [4.78, 5) is 44.7. The number of furan rings is 1. The average molecular weight is 607 g/mol. The number of carbonyl (C=O) groups excluding carboxylic acids is 1. The van der Waals surface area contributed by atoms with Crippen LogP contribution in [0.1, 0.15) is 40.2 Å². The highest BCUT2D eigenvalue weighted by atomic mass is 32.1. The minimum Gasteiger partial charge on any atom is -0.497 e. The molecule has 3 heterocycles. The molecule has 0 saturated carbocycles. The Balaban J connectivity index is 1.57. The standard InChI is InChI=1S/C34H26N2O7S/c1-3-42-33(40)28-29(20-10-5-4-6-11-20)35-34-36(30(28)21-12-9-13-22(18-21)41-2)31(37)27(44-34)19-23-16-17-26(43-23)24-14-7-8-15-25(24)32(38)39/h4-19,30H,3H2,1-2H3,(H,38,39)/b27-19-/t30-/m1/s1. The zero-order valence-electron chi connectivity index (χ0n) is 23.7. The summed E-state index contributed by atoms with van der Waals surface area (Å²) >= 11 is 1.16. The number of carbonyl (C=O) groups is 2. The fourth-order valence-corrected chi connectivity index (χ4v) is 6.14. The number of aromatic nitrogens is 1. The molecule has 2 aromatic heterocycles. The van der Waals surface area contributed by atoms with Crippen LogP contribution in [-0.4, -0.2) is 35.3 Å². The summed E-state index contributed by atoms with van der Waals surface area (Å²) in [5.74, 6) is -0.375. The molecule has 0 aliphatic carbocycles. The first kappa shape index (κ1) is 28.6. The lowest BCUT2D eigenvalue weighted by atomic mass is 9.93.